The number of oxazole rings is 1. The number of esters is 1. The van der Waals surface area contributed by atoms with E-state index in [1.165, 1.54) is 19.4 Å². The van der Waals surface area contributed by atoms with Crippen molar-refractivity contribution in [1.29, 1.82) is 0 Å². The highest BCUT2D eigenvalue weighted by Crippen LogP contribution is 2.22. The Bertz CT molecular complexity index is 464. The molecule has 0 saturated carbocycles. The number of aromatic nitrogens is 1. The molecule has 0 bridgehead atoms. The van der Waals surface area contributed by atoms with E-state index in [-0.39, 0.29) is 12.5 Å². The number of hydrogen-bond donors (Lipinski definition) is 1. The molecule has 0 aliphatic heterocycles. The van der Waals surface area contributed by atoms with E-state index in [0.717, 1.165) is 0 Å². The van der Waals surface area contributed by atoms with Gasteiger partial charge < -0.3 is 13.9 Å². The highest BCUT2D eigenvalue weighted by molar-refractivity contribution is 5.85. The Labute approximate surface area is 117 Å². The molecular formula is C13H20N2O5. The quantitative estimate of drug-likeness (QED) is 0.850. The molecule has 0 saturated heterocycles. The van der Waals surface area contributed by atoms with Gasteiger partial charge in [-0.25, -0.2) is 14.6 Å². The summed E-state index contributed by atoms with van der Waals surface area (Å²) >= 11 is 0. The molecule has 1 rings (SSSR count). The summed E-state index contributed by atoms with van der Waals surface area (Å²) in [7, 11) is 0. The maximum Gasteiger partial charge on any atom is 0.408 e. The van der Waals surface area contributed by atoms with Gasteiger partial charge in [0.1, 0.15) is 11.9 Å². The van der Waals surface area contributed by atoms with Gasteiger partial charge in [0.25, 0.3) is 0 Å². The SMILES string of the molecule is CCOC(=O)C(C)(NC(=O)OC(C)(C)C)c1ncco1. The van der Waals surface area contributed by atoms with E-state index >= 15 is 0 Å². The van der Waals surface area contributed by atoms with Crippen LogP contribution in [0.25, 0.3) is 0 Å². The molecule has 1 atom stereocenters. The summed E-state index contributed by atoms with van der Waals surface area (Å²) in [6, 6.07) is 0. The first-order valence-electron chi connectivity index (χ1n) is 6.27. The lowest BCUT2D eigenvalue weighted by Gasteiger charge is -2.27. The van der Waals surface area contributed by atoms with Gasteiger partial charge in [0.05, 0.1) is 12.8 Å². The summed E-state index contributed by atoms with van der Waals surface area (Å²) in [5.41, 5.74) is -2.22. The van der Waals surface area contributed by atoms with Crippen molar-refractivity contribution in [2.45, 2.75) is 45.8 Å². The summed E-state index contributed by atoms with van der Waals surface area (Å²) in [6.45, 7) is 8.45. The predicted octanol–water partition coefficient (Wildman–Crippen LogP) is 1.98. The average Bonchev–Trinajstić information content (AvgIpc) is 2.79. The molecule has 0 fully saturated rings. The van der Waals surface area contributed by atoms with Crippen molar-refractivity contribution in [3.63, 3.8) is 0 Å². The maximum absolute atomic E-state index is 12.1. The topological polar surface area (TPSA) is 90.7 Å². The van der Waals surface area contributed by atoms with Gasteiger partial charge in [-0.3, -0.25) is 5.32 Å². The number of nitrogens with zero attached hydrogens (tertiary/aromatic N) is 1. The van der Waals surface area contributed by atoms with Crippen LogP contribution in [0.5, 0.6) is 0 Å². The second kappa shape index (κ2) is 5.94. The first kappa shape index (κ1) is 16.0. The summed E-state index contributed by atoms with van der Waals surface area (Å²) in [5, 5.41) is 2.44. The minimum atomic E-state index is -1.54. The fourth-order valence-corrected chi connectivity index (χ4v) is 1.45. The number of ether oxygens (including phenoxy) is 2. The summed E-state index contributed by atoms with van der Waals surface area (Å²) in [6.07, 6.45) is 1.93. The van der Waals surface area contributed by atoms with E-state index in [0.29, 0.717) is 0 Å². The molecule has 0 aliphatic carbocycles. The van der Waals surface area contributed by atoms with Gasteiger partial charge in [-0.15, -0.1) is 0 Å². The van der Waals surface area contributed by atoms with Crippen LogP contribution in [0.15, 0.2) is 16.9 Å². The molecule has 112 valence electrons. The number of carbonyl (C=O) groups excluding carboxylic acids is 2. The molecule has 0 radical (unpaired) electrons. The van der Waals surface area contributed by atoms with Crippen molar-refractivity contribution in [3.05, 3.63) is 18.4 Å². The molecule has 0 aliphatic rings. The van der Waals surface area contributed by atoms with Crippen molar-refractivity contribution in [2.75, 3.05) is 6.61 Å². The third-order valence-electron chi connectivity index (χ3n) is 2.29. The second-order valence-corrected chi connectivity index (χ2v) is 5.31. The molecule has 7 nitrogen and oxygen atoms in total. The molecule has 1 amide bonds. The third-order valence-corrected chi connectivity index (χ3v) is 2.29. The van der Waals surface area contributed by atoms with Crippen LogP contribution in [0.1, 0.15) is 40.5 Å². The molecule has 1 N–H and O–H groups in total. The van der Waals surface area contributed by atoms with Crippen molar-refractivity contribution in [1.82, 2.24) is 10.3 Å². The van der Waals surface area contributed by atoms with Crippen LogP contribution in [-0.4, -0.2) is 29.3 Å². The number of hydrogen-bond acceptors (Lipinski definition) is 6. The van der Waals surface area contributed by atoms with Gasteiger partial charge in [-0.05, 0) is 34.6 Å². The van der Waals surface area contributed by atoms with E-state index < -0.39 is 23.2 Å². The van der Waals surface area contributed by atoms with Gasteiger partial charge in [-0.2, -0.15) is 0 Å². The first-order chi connectivity index (χ1) is 9.19. The van der Waals surface area contributed by atoms with E-state index in [2.05, 4.69) is 10.3 Å². The lowest BCUT2D eigenvalue weighted by Crippen LogP contribution is -2.52. The third kappa shape index (κ3) is 3.97. The number of nitrogens with one attached hydrogen (secondary N) is 1. The number of amides is 1. The molecule has 0 spiro atoms. The average molecular weight is 284 g/mol. The van der Waals surface area contributed by atoms with Crippen LogP contribution in [0.2, 0.25) is 0 Å². The normalized spacial score (nSPS) is 14.2. The van der Waals surface area contributed by atoms with Crippen molar-refractivity contribution in [3.8, 4) is 0 Å². The molecule has 1 heterocycles. The predicted molar refractivity (Wildman–Crippen MR) is 69.9 cm³/mol. The molecule has 1 aromatic rings. The van der Waals surface area contributed by atoms with Gasteiger partial charge in [0.2, 0.25) is 11.4 Å². The number of carbonyl (C=O) groups is 2. The van der Waals surface area contributed by atoms with Crippen LogP contribution >= 0.6 is 0 Å². The monoisotopic (exact) mass is 284 g/mol. The maximum atomic E-state index is 12.1. The molecule has 0 aromatic carbocycles. The molecule has 1 aromatic heterocycles. The van der Waals surface area contributed by atoms with Crippen molar-refractivity contribution >= 4 is 12.1 Å². The van der Waals surface area contributed by atoms with Crippen LogP contribution in [0, 0.1) is 0 Å². The molecule has 7 heteroatoms. The fraction of sp³-hybridized carbons (Fsp3) is 0.615. The van der Waals surface area contributed by atoms with Gasteiger partial charge in [-0.1, -0.05) is 0 Å². The zero-order chi connectivity index (χ0) is 15.4. The van der Waals surface area contributed by atoms with E-state index in [4.69, 9.17) is 13.9 Å². The fourth-order valence-electron chi connectivity index (χ4n) is 1.45. The first-order valence-corrected chi connectivity index (χ1v) is 6.27. The number of alkyl carbamates (subject to hydrolysis) is 1. The van der Waals surface area contributed by atoms with Gasteiger partial charge in [0.15, 0.2) is 0 Å². The highest BCUT2D eigenvalue weighted by atomic mass is 16.6. The largest absolute Gasteiger partial charge is 0.464 e. The minimum Gasteiger partial charge on any atom is -0.464 e. The van der Waals surface area contributed by atoms with Crippen LogP contribution in [0.4, 0.5) is 4.79 Å². The standard InChI is InChI=1S/C13H20N2O5/c1-6-18-10(16)13(5,9-14-7-8-19-9)15-11(17)20-12(2,3)4/h7-8H,6H2,1-5H3,(H,15,17). The zero-order valence-corrected chi connectivity index (χ0v) is 12.4. The smallest absolute Gasteiger partial charge is 0.408 e. The Kier molecular flexibility index (Phi) is 4.75. The van der Waals surface area contributed by atoms with Crippen LogP contribution in [-0.2, 0) is 19.8 Å². The van der Waals surface area contributed by atoms with E-state index in [9.17, 15) is 9.59 Å². The second-order valence-electron chi connectivity index (χ2n) is 5.31. The Morgan fingerprint density at radius 2 is 2.00 bits per heavy atom. The van der Waals surface area contributed by atoms with Crippen molar-refractivity contribution < 1.29 is 23.5 Å². The van der Waals surface area contributed by atoms with Gasteiger partial charge >= 0.3 is 12.1 Å². The zero-order valence-electron chi connectivity index (χ0n) is 12.4. The molecule has 1 unspecified atom stereocenters. The summed E-state index contributed by atoms with van der Waals surface area (Å²) in [4.78, 5) is 27.8. The van der Waals surface area contributed by atoms with Crippen LogP contribution < -0.4 is 5.32 Å². The highest BCUT2D eigenvalue weighted by Gasteiger charge is 2.43. The minimum absolute atomic E-state index is 0.0295. The van der Waals surface area contributed by atoms with Crippen molar-refractivity contribution in [2.24, 2.45) is 0 Å². The lowest BCUT2D eigenvalue weighted by atomic mass is 10.0. The number of rotatable bonds is 4. The Balaban J connectivity index is 2.95. The molecule has 20 heavy (non-hydrogen) atoms. The molecular weight excluding hydrogens is 264 g/mol. The Hall–Kier alpha value is -2.05. The Morgan fingerprint density at radius 1 is 1.35 bits per heavy atom. The van der Waals surface area contributed by atoms with Crippen LogP contribution in [0.3, 0.4) is 0 Å². The lowest BCUT2D eigenvalue weighted by molar-refractivity contribution is -0.151. The Morgan fingerprint density at radius 3 is 2.45 bits per heavy atom. The van der Waals surface area contributed by atoms with E-state index in [1.54, 1.807) is 27.7 Å². The van der Waals surface area contributed by atoms with Gasteiger partial charge in [0, 0.05) is 0 Å². The summed E-state index contributed by atoms with van der Waals surface area (Å²) in [5.74, 6) is -0.643. The summed E-state index contributed by atoms with van der Waals surface area (Å²) < 4.78 is 15.2. The van der Waals surface area contributed by atoms with E-state index in [1.807, 2.05) is 0 Å².